The Morgan fingerprint density at radius 3 is 2.63 bits per heavy atom. The Morgan fingerprint density at radius 2 is 2.03 bits per heavy atom. The summed E-state index contributed by atoms with van der Waals surface area (Å²) in [5.74, 6) is -1.83. The minimum atomic E-state index is -1.11. The summed E-state index contributed by atoms with van der Waals surface area (Å²) in [5, 5.41) is 22.0. The van der Waals surface area contributed by atoms with E-state index in [4.69, 9.17) is 16.9 Å². The number of rotatable bonds is 10. The maximum atomic E-state index is 12.1. The third-order valence-corrected chi connectivity index (χ3v) is 4.94. The minimum absolute atomic E-state index is 0.0153. The highest BCUT2D eigenvalue weighted by Crippen LogP contribution is 2.15. The van der Waals surface area contributed by atoms with Crippen LogP contribution < -0.4 is 22.1 Å². The molecule has 30 heavy (non-hydrogen) atoms. The van der Waals surface area contributed by atoms with E-state index in [1.54, 1.807) is 11.0 Å². The molecule has 2 rings (SSSR count). The van der Waals surface area contributed by atoms with Crippen LogP contribution in [0, 0.1) is 5.41 Å². The van der Waals surface area contributed by atoms with Crippen molar-refractivity contribution in [3.63, 3.8) is 0 Å². The highest BCUT2D eigenvalue weighted by molar-refractivity contribution is 5.86. The fourth-order valence-corrected chi connectivity index (χ4v) is 3.28. The van der Waals surface area contributed by atoms with Gasteiger partial charge in [-0.25, -0.2) is 4.79 Å². The second-order valence-electron chi connectivity index (χ2n) is 7.36. The molecule has 2 atom stereocenters. The van der Waals surface area contributed by atoms with E-state index in [2.05, 4.69) is 10.6 Å². The zero-order valence-corrected chi connectivity index (χ0v) is 16.9. The number of allylic oxidation sites excluding steroid dienone is 2. The third-order valence-electron chi connectivity index (χ3n) is 4.94. The van der Waals surface area contributed by atoms with Gasteiger partial charge in [-0.2, -0.15) is 0 Å². The van der Waals surface area contributed by atoms with Crippen molar-refractivity contribution in [1.82, 2.24) is 15.5 Å². The molecule has 164 valence electrons. The maximum Gasteiger partial charge on any atom is 0.330 e. The van der Waals surface area contributed by atoms with E-state index in [0.29, 0.717) is 31.5 Å². The summed E-state index contributed by atoms with van der Waals surface area (Å²) in [4.78, 5) is 37.3. The first-order valence-electron chi connectivity index (χ1n) is 9.97. The normalized spacial score (nSPS) is 17.6. The Hall–Kier alpha value is -3.14. The van der Waals surface area contributed by atoms with E-state index in [0.717, 1.165) is 18.4 Å². The van der Waals surface area contributed by atoms with Crippen LogP contribution in [0.5, 0.6) is 0 Å². The molecule has 10 heteroatoms. The summed E-state index contributed by atoms with van der Waals surface area (Å²) in [6.07, 6.45) is 9.78. The summed E-state index contributed by atoms with van der Waals surface area (Å²) < 4.78 is 0. The molecule has 0 aromatic rings. The van der Waals surface area contributed by atoms with Gasteiger partial charge < -0.3 is 32.1 Å². The summed E-state index contributed by atoms with van der Waals surface area (Å²) in [7, 11) is 0. The number of carbonyl (C=O) groups excluding carboxylic acids is 2. The molecule has 0 saturated carbocycles. The lowest BCUT2D eigenvalue weighted by Gasteiger charge is -2.18. The molecule has 0 saturated heterocycles. The van der Waals surface area contributed by atoms with Crippen molar-refractivity contribution in [3.05, 3.63) is 35.5 Å². The molecule has 0 aromatic carbocycles. The standard InChI is InChI=1S/C20H30N6O4/c21-15(11-13-8-10-26(12-13)20(22)23)18(28)24-9-4-7-16(27)25-17(19(29)30)14-5-2-1-3-6-14/h2,5-6,8,15,17H,1,3-4,7,9-12,21H2,(H3,22,23)(H,24,28)(H,25,27)(H,29,30). The zero-order valence-electron chi connectivity index (χ0n) is 16.9. The SMILES string of the molecule is N=C(N)N1CC=C(CC(N)C(=O)NCCCC(=O)NC(C(=O)O)C2=CCCC=C2)C1. The number of aliphatic carboxylic acids is 1. The Labute approximate surface area is 175 Å². The molecule has 0 fully saturated rings. The first-order valence-corrected chi connectivity index (χ1v) is 9.97. The lowest BCUT2D eigenvalue weighted by Crippen LogP contribution is -2.43. The molecular formula is C20H30N6O4. The fourth-order valence-electron chi connectivity index (χ4n) is 3.28. The summed E-state index contributed by atoms with van der Waals surface area (Å²) >= 11 is 0. The Morgan fingerprint density at radius 1 is 1.27 bits per heavy atom. The highest BCUT2D eigenvalue weighted by Gasteiger charge is 2.24. The minimum Gasteiger partial charge on any atom is -0.479 e. The van der Waals surface area contributed by atoms with Crippen molar-refractivity contribution in [2.45, 2.75) is 44.2 Å². The van der Waals surface area contributed by atoms with Crippen molar-refractivity contribution in [3.8, 4) is 0 Å². The van der Waals surface area contributed by atoms with Gasteiger partial charge in [-0.3, -0.25) is 15.0 Å². The predicted molar refractivity (Wildman–Crippen MR) is 112 cm³/mol. The van der Waals surface area contributed by atoms with Crippen molar-refractivity contribution in [2.24, 2.45) is 11.5 Å². The summed E-state index contributed by atoms with van der Waals surface area (Å²) in [6, 6.07) is -1.79. The van der Waals surface area contributed by atoms with Crippen molar-refractivity contribution in [2.75, 3.05) is 19.6 Å². The van der Waals surface area contributed by atoms with Crippen molar-refractivity contribution in [1.29, 1.82) is 5.41 Å². The molecule has 2 unspecified atom stereocenters. The van der Waals surface area contributed by atoms with Crippen LogP contribution >= 0.6 is 0 Å². The van der Waals surface area contributed by atoms with E-state index in [9.17, 15) is 19.5 Å². The van der Waals surface area contributed by atoms with Crippen LogP contribution in [0.3, 0.4) is 0 Å². The molecule has 0 spiro atoms. The van der Waals surface area contributed by atoms with Crippen LogP contribution in [-0.2, 0) is 14.4 Å². The molecule has 1 aliphatic carbocycles. The van der Waals surface area contributed by atoms with Gasteiger partial charge in [0.1, 0.15) is 0 Å². The number of carboxylic acid groups (broad SMARTS) is 1. The molecule has 8 N–H and O–H groups in total. The van der Waals surface area contributed by atoms with Gasteiger partial charge in [0.25, 0.3) is 0 Å². The van der Waals surface area contributed by atoms with Crippen LogP contribution in [0.25, 0.3) is 0 Å². The topological polar surface area (TPSA) is 175 Å². The number of amides is 2. The van der Waals surface area contributed by atoms with Gasteiger partial charge in [0.15, 0.2) is 12.0 Å². The Kier molecular flexibility index (Phi) is 8.60. The first-order chi connectivity index (χ1) is 14.3. The Balaban J connectivity index is 1.67. The van der Waals surface area contributed by atoms with Crippen molar-refractivity contribution < 1.29 is 19.5 Å². The molecular weight excluding hydrogens is 388 g/mol. The van der Waals surface area contributed by atoms with E-state index in [-0.39, 0.29) is 30.7 Å². The smallest absolute Gasteiger partial charge is 0.330 e. The van der Waals surface area contributed by atoms with E-state index in [1.807, 2.05) is 18.2 Å². The van der Waals surface area contributed by atoms with Crippen LogP contribution in [0.15, 0.2) is 35.5 Å². The summed E-state index contributed by atoms with van der Waals surface area (Å²) in [6.45, 7) is 1.30. The predicted octanol–water partition coefficient (Wildman–Crippen LogP) is -0.419. The number of nitrogens with one attached hydrogen (secondary N) is 3. The molecule has 1 aliphatic heterocycles. The number of nitrogens with two attached hydrogens (primary N) is 2. The molecule has 1 heterocycles. The monoisotopic (exact) mass is 418 g/mol. The number of carbonyl (C=O) groups is 3. The molecule has 2 amide bonds. The number of nitrogens with zero attached hydrogens (tertiary/aromatic N) is 1. The largest absolute Gasteiger partial charge is 0.479 e. The molecule has 10 nitrogen and oxygen atoms in total. The Bertz CT molecular complexity index is 773. The van der Waals surface area contributed by atoms with Crippen LogP contribution in [0.1, 0.15) is 32.1 Å². The molecule has 0 radical (unpaired) electrons. The second-order valence-corrected chi connectivity index (χ2v) is 7.36. The number of hydrogen-bond donors (Lipinski definition) is 6. The first kappa shape index (κ1) is 23.1. The van der Waals surface area contributed by atoms with Gasteiger partial charge in [0.05, 0.1) is 6.04 Å². The summed E-state index contributed by atoms with van der Waals surface area (Å²) in [5.41, 5.74) is 12.9. The van der Waals surface area contributed by atoms with Gasteiger partial charge >= 0.3 is 5.97 Å². The van der Waals surface area contributed by atoms with Crippen LogP contribution in [0.4, 0.5) is 0 Å². The molecule has 0 aromatic heterocycles. The maximum absolute atomic E-state index is 12.1. The number of guanidine groups is 1. The van der Waals surface area contributed by atoms with Crippen LogP contribution in [0.2, 0.25) is 0 Å². The number of hydrogen-bond acceptors (Lipinski definition) is 5. The highest BCUT2D eigenvalue weighted by atomic mass is 16.4. The number of carboxylic acids is 1. The average molecular weight is 418 g/mol. The van der Waals surface area contributed by atoms with E-state index < -0.39 is 18.1 Å². The van der Waals surface area contributed by atoms with Gasteiger partial charge in [-0.05, 0) is 31.3 Å². The third kappa shape index (κ3) is 7.03. The van der Waals surface area contributed by atoms with Crippen molar-refractivity contribution >= 4 is 23.7 Å². The molecule has 0 bridgehead atoms. The fraction of sp³-hybridized carbons (Fsp3) is 0.500. The molecule has 2 aliphatic rings. The van der Waals surface area contributed by atoms with Crippen LogP contribution in [-0.4, -0.2) is 65.5 Å². The lowest BCUT2D eigenvalue weighted by atomic mass is 10.00. The second kappa shape index (κ2) is 11.1. The lowest BCUT2D eigenvalue weighted by molar-refractivity contribution is -0.140. The van der Waals surface area contributed by atoms with E-state index >= 15 is 0 Å². The van der Waals surface area contributed by atoms with Gasteiger partial charge in [0, 0.05) is 26.1 Å². The van der Waals surface area contributed by atoms with Gasteiger partial charge in [-0.1, -0.05) is 29.9 Å². The van der Waals surface area contributed by atoms with E-state index in [1.165, 1.54) is 0 Å². The average Bonchev–Trinajstić information content (AvgIpc) is 3.18. The van der Waals surface area contributed by atoms with Gasteiger partial charge in [0.2, 0.25) is 11.8 Å². The zero-order chi connectivity index (χ0) is 22.1. The quantitative estimate of drug-likeness (QED) is 0.121. The van der Waals surface area contributed by atoms with Gasteiger partial charge in [-0.15, -0.1) is 0 Å².